The average molecular weight is 258 g/mol. The number of anilines is 1. The Labute approximate surface area is 117 Å². The normalized spacial score (nSPS) is 20.1. The first-order valence-corrected chi connectivity index (χ1v) is 7.98. The minimum absolute atomic E-state index is 0.771. The van der Waals surface area contributed by atoms with E-state index in [0.29, 0.717) is 0 Å². The van der Waals surface area contributed by atoms with Crippen LogP contribution >= 0.6 is 0 Å². The van der Waals surface area contributed by atoms with Gasteiger partial charge in [0, 0.05) is 24.8 Å². The van der Waals surface area contributed by atoms with Gasteiger partial charge in [0.15, 0.2) is 0 Å². The maximum atomic E-state index is 3.54. The molecule has 0 saturated heterocycles. The lowest BCUT2D eigenvalue weighted by atomic mass is 9.92. The number of hydrogen-bond donors (Lipinski definition) is 1. The van der Waals surface area contributed by atoms with Gasteiger partial charge in [-0.05, 0) is 49.9 Å². The van der Waals surface area contributed by atoms with Crippen molar-refractivity contribution in [3.63, 3.8) is 0 Å². The van der Waals surface area contributed by atoms with Gasteiger partial charge in [0.2, 0.25) is 0 Å². The predicted octanol–water partition coefficient (Wildman–Crippen LogP) is 3.49. The monoisotopic (exact) mass is 258 g/mol. The van der Waals surface area contributed by atoms with Crippen LogP contribution in [0.5, 0.6) is 0 Å². The van der Waals surface area contributed by atoms with E-state index in [2.05, 4.69) is 35.3 Å². The van der Waals surface area contributed by atoms with Crippen LogP contribution in [0.15, 0.2) is 18.2 Å². The van der Waals surface area contributed by atoms with Crippen molar-refractivity contribution in [3.8, 4) is 0 Å². The molecule has 1 aliphatic carbocycles. The fourth-order valence-corrected chi connectivity index (χ4v) is 3.78. The van der Waals surface area contributed by atoms with E-state index in [4.69, 9.17) is 0 Å². The van der Waals surface area contributed by atoms with Crippen LogP contribution in [0, 0.1) is 0 Å². The summed E-state index contributed by atoms with van der Waals surface area (Å²) in [5.74, 6) is 0. The Balaban J connectivity index is 1.90. The zero-order valence-electron chi connectivity index (χ0n) is 12.1. The van der Waals surface area contributed by atoms with E-state index in [0.717, 1.165) is 25.7 Å². The summed E-state index contributed by atoms with van der Waals surface area (Å²) in [6, 6.07) is 7.68. The molecule has 0 aromatic heterocycles. The van der Waals surface area contributed by atoms with E-state index in [1.807, 2.05) is 0 Å². The van der Waals surface area contributed by atoms with Crippen LogP contribution in [0.1, 0.15) is 50.2 Å². The van der Waals surface area contributed by atoms with Crippen LogP contribution in [0.2, 0.25) is 0 Å². The smallest absolute Gasteiger partial charge is 0.0417 e. The molecule has 1 fully saturated rings. The number of rotatable bonds is 3. The minimum Gasteiger partial charge on any atom is -0.369 e. The van der Waals surface area contributed by atoms with Gasteiger partial charge in [-0.2, -0.15) is 0 Å². The average Bonchev–Trinajstić information content (AvgIpc) is 2.49. The van der Waals surface area contributed by atoms with Gasteiger partial charge in [-0.25, -0.2) is 0 Å². The number of nitrogens with zero attached hydrogens (tertiary/aromatic N) is 1. The summed E-state index contributed by atoms with van der Waals surface area (Å²) < 4.78 is 0. The molecule has 0 bridgehead atoms. The zero-order valence-corrected chi connectivity index (χ0v) is 12.1. The van der Waals surface area contributed by atoms with Gasteiger partial charge in [-0.3, -0.25) is 0 Å². The quantitative estimate of drug-likeness (QED) is 0.893. The molecule has 1 aromatic rings. The maximum Gasteiger partial charge on any atom is 0.0417 e. The van der Waals surface area contributed by atoms with E-state index in [-0.39, 0.29) is 0 Å². The Morgan fingerprint density at radius 3 is 2.84 bits per heavy atom. The lowest BCUT2D eigenvalue weighted by Crippen LogP contribution is -2.38. The molecular weight excluding hydrogens is 232 g/mol. The van der Waals surface area contributed by atoms with Gasteiger partial charge in [-0.15, -0.1) is 0 Å². The van der Waals surface area contributed by atoms with Crippen LogP contribution < -0.4 is 10.2 Å². The fourth-order valence-electron chi connectivity index (χ4n) is 3.78. The molecule has 2 heteroatoms. The second kappa shape index (κ2) is 5.96. The van der Waals surface area contributed by atoms with Gasteiger partial charge in [-0.1, -0.05) is 31.4 Å². The van der Waals surface area contributed by atoms with Crippen molar-refractivity contribution in [2.24, 2.45) is 0 Å². The highest BCUT2D eigenvalue weighted by atomic mass is 15.2. The molecule has 0 spiro atoms. The molecule has 0 atom stereocenters. The molecule has 1 saturated carbocycles. The van der Waals surface area contributed by atoms with Crippen LogP contribution in [0.25, 0.3) is 0 Å². The molecule has 2 aliphatic rings. The second-order valence-electron chi connectivity index (χ2n) is 5.92. The van der Waals surface area contributed by atoms with Crippen molar-refractivity contribution in [3.05, 3.63) is 29.3 Å². The van der Waals surface area contributed by atoms with Crippen molar-refractivity contribution in [1.29, 1.82) is 0 Å². The molecule has 0 radical (unpaired) electrons. The van der Waals surface area contributed by atoms with Crippen LogP contribution in [0.3, 0.4) is 0 Å². The van der Waals surface area contributed by atoms with E-state index in [1.165, 1.54) is 44.2 Å². The number of benzene rings is 1. The van der Waals surface area contributed by atoms with Crippen molar-refractivity contribution in [2.45, 2.75) is 58.0 Å². The van der Waals surface area contributed by atoms with Gasteiger partial charge < -0.3 is 10.2 Å². The van der Waals surface area contributed by atoms with Gasteiger partial charge in [0.05, 0.1) is 0 Å². The van der Waals surface area contributed by atoms with Crippen molar-refractivity contribution in [2.75, 3.05) is 18.0 Å². The van der Waals surface area contributed by atoms with Gasteiger partial charge in [0.1, 0.15) is 0 Å². The summed E-state index contributed by atoms with van der Waals surface area (Å²) in [5, 5.41) is 3.54. The Morgan fingerprint density at radius 1 is 1.21 bits per heavy atom. The summed E-state index contributed by atoms with van der Waals surface area (Å²) >= 11 is 0. The minimum atomic E-state index is 0.771. The van der Waals surface area contributed by atoms with Gasteiger partial charge >= 0.3 is 0 Å². The first kappa shape index (κ1) is 13.0. The third kappa shape index (κ3) is 2.64. The molecule has 0 unspecified atom stereocenters. The Morgan fingerprint density at radius 2 is 2.05 bits per heavy atom. The number of hydrogen-bond acceptors (Lipinski definition) is 2. The molecule has 104 valence electrons. The molecule has 2 nitrogen and oxygen atoms in total. The summed E-state index contributed by atoms with van der Waals surface area (Å²) in [7, 11) is 0. The van der Waals surface area contributed by atoms with Crippen molar-refractivity contribution < 1.29 is 0 Å². The summed E-state index contributed by atoms with van der Waals surface area (Å²) in [5.41, 5.74) is 4.62. The number of nitrogens with one attached hydrogen (secondary N) is 1. The summed E-state index contributed by atoms with van der Waals surface area (Å²) in [6.45, 7) is 5.63. The van der Waals surface area contributed by atoms with E-state index >= 15 is 0 Å². The summed E-state index contributed by atoms with van der Waals surface area (Å²) in [4.78, 5) is 2.67. The Bertz CT molecular complexity index is 421. The van der Waals surface area contributed by atoms with Crippen LogP contribution in [0.4, 0.5) is 5.69 Å². The van der Waals surface area contributed by atoms with Gasteiger partial charge in [0.25, 0.3) is 0 Å². The van der Waals surface area contributed by atoms with Crippen LogP contribution in [-0.4, -0.2) is 19.1 Å². The molecule has 1 aromatic carbocycles. The zero-order chi connectivity index (χ0) is 13.1. The standard InChI is InChI=1S/C17H26N2/c1-2-19(15-8-4-3-5-9-15)17-10-6-7-14-11-12-18-13-16(14)17/h6-7,10,15,18H,2-5,8-9,11-13H2,1H3. The van der Waals surface area contributed by atoms with E-state index in [1.54, 1.807) is 11.1 Å². The maximum absolute atomic E-state index is 3.54. The number of fused-ring (bicyclic) bond motifs is 1. The SMILES string of the molecule is CCN(c1cccc2c1CNCC2)C1CCCCC1. The van der Waals surface area contributed by atoms with Crippen LogP contribution in [-0.2, 0) is 13.0 Å². The molecule has 1 aliphatic heterocycles. The third-order valence-corrected chi connectivity index (χ3v) is 4.79. The Hall–Kier alpha value is -1.02. The highest BCUT2D eigenvalue weighted by molar-refractivity contribution is 5.58. The highest BCUT2D eigenvalue weighted by Gasteiger charge is 2.23. The molecular formula is C17H26N2. The molecule has 19 heavy (non-hydrogen) atoms. The van der Waals surface area contributed by atoms with E-state index < -0.39 is 0 Å². The largest absolute Gasteiger partial charge is 0.369 e. The summed E-state index contributed by atoms with van der Waals surface area (Å²) in [6.07, 6.45) is 8.20. The van der Waals surface area contributed by atoms with E-state index in [9.17, 15) is 0 Å². The first-order chi connectivity index (χ1) is 9.40. The second-order valence-corrected chi connectivity index (χ2v) is 5.92. The highest BCUT2D eigenvalue weighted by Crippen LogP contribution is 2.32. The lowest BCUT2D eigenvalue weighted by molar-refractivity contribution is 0.417. The third-order valence-electron chi connectivity index (χ3n) is 4.79. The fraction of sp³-hybridized carbons (Fsp3) is 0.647. The molecule has 0 amide bonds. The van der Waals surface area contributed by atoms with Crippen molar-refractivity contribution >= 4 is 5.69 Å². The predicted molar refractivity (Wildman–Crippen MR) is 81.7 cm³/mol. The topological polar surface area (TPSA) is 15.3 Å². The lowest BCUT2D eigenvalue weighted by Gasteiger charge is -2.37. The molecule has 1 heterocycles. The Kier molecular flexibility index (Phi) is 4.07. The van der Waals surface area contributed by atoms with Crippen molar-refractivity contribution in [1.82, 2.24) is 5.32 Å². The first-order valence-electron chi connectivity index (χ1n) is 7.98. The molecule has 3 rings (SSSR count). The molecule has 1 N–H and O–H groups in total.